The molecule has 1 aromatic carbocycles. The minimum atomic E-state index is -0.261. The second-order valence-corrected chi connectivity index (χ2v) is 7.77. The Morgan fingerprint density at radius 1 is 1.10 bits per heavy atom. The molecular formula is C23H22N6O2. The van der Waals surface area contributed by atoms with E-state index < -0.39 is 0 Å². The van der Waals surface area contributed by atoms with Crippen LogP contribution < -0.4 is 10.6 Å². The normalized spacial score (nSPS) is 18.5. The smallest absolute Gasteiger partial charge is 0.258 e. The lowest BCUT2D eigenvalue weighted by molar-refractivity contribution is 0.0667. The molecule has 2 N–H and O–H groups in total. The monoisotopic (exact) mass is 414 g/mol. The molecule has 1 amide bonds. The first-order valence-corrected chi connectivity index (χ1v) is 10.4. The summed E-state index contributed by atoms with van der Waals surface area (Å²) in [6.45, 7) is 1.42. The van der Waals surface area contributed by atoms with E-state index in [1.165, 1.54) is 0 Å². The molecule has 1 saturated heterocycles. The van der Waals surface area contributed by atoms with Crippen LogP contribution in [0.3, 0.4) is 0 Å². The minimum Gasteiger partial charge on any atom is -0.381 e. The summed E-state index contributed by atoms with van der Waals surface area (Å²) in [4.78, 5) is 16.9. The zero-order valence-electron chi connectivity index (χ0n) is 16.9. The molecule has 0 aliphatic carbocycles. The fraction of sp³-hybridized carbons (Fsp3) is 0.304. The highest BCUT2D eigenvalue weighted by atomic mass is 16.5. The SMILES string of the molecule is N#Cc1ccc(-c2ccccc2CC2NC(=O)c3cnn(C4CCOCC4)c3N2)cn1. The van der Waals surface area contributed by atoms with Gasteiger partial charge < -0.3 is 15.4 Å². The summed E-state index contributed by atoms with van der Waals surface area (Å²) in [6.07, 6.45) is 5.46. The van der Waals surface area contributed by atoms with Crippen molar-refractivity contribution in [2.75, 3.05) is 18.5 Å². The summed E-state index contributed by atoms with van der Waals surface area (Å²) in [5.74, 6) is 0.660. The van der Waals surface area contributed by atoms with Gasteiger partial charge in [-0.25, -0.2) is 9.67 Å². The Kier molecular flexibility index (Phi) is 5.10. The zero-order valence-corrected chi connectivity index (χ0v) is 16.9. The predicted molar refractivity (Wildman–Crippen MR) is 114 cm³/mol. The second kappa shape index (κ2) is 8.20. The number of nitriles is 1. The van der Waals surface area contributed by atoms with Gasteiger partial charge in [-0.2, -0.15) is 10.4 Å². The Morgan fingerprint density at radius 2 is 1.94 bits per heavy atom. The molecule has 2 aromatic heterocycles. The van der Waals surface area contributed by atoms with Crippen molar-refractivity contribution in [3.8, 4) is 17.2 Å². The molecule has 0 radical (unpaired) electrons. The van der Waals surface area contributed by atoms with Gasteiger partial charge in [-0.3, -0.25) is 4.79 Å². The molecule has 8 nitrogen and oxygen atoms in total. The standard InChI is InChI=1S/C23H22N6O2/c24-12-17-6-5-16(13-25-17)19-4-2-1-3-15(19)11-21-27-22-20(23(30)28-21)14-26-29(22)18-7-9-31-10-8-18/h1-6,13-14,18,21,27H,7-11H2,(H,28,30). The van der Waals surface area contributed by atoms with E-state index >= 15 is 0 Å². The van der Waals surface area contributed by atoms with Gasteiger partial charge in [-0.1, -0.05) is 24.3 Å². The lowest BCUT2D eigenvalue weighted by atomic mass is 9.97. The third-order valence-electron chi connectivity index (χ3n) is 5.82. The van der Waals surface area contributed by atoms with Crippen LogP contribution in [-0.2, 0) is 11.2 Å². The number of carbonyl (C=O) groups is 1. The molecule has 3 aromatic rings. The molecule has 31 heavy (non-hydrogen) atoms. The van der Waals surface area contributed by atoms with Crippen molar-refractivity contribution >= 4 is 11.7 Å². The van der Waals surface area contributed by atoms with E-state index in [-0.39, 0.29) is 18.1 Å². The topological polar surface area (TPSA) is 105 Å². The molecule has 2 aliphatic rings. The summed E-state index contributed by atoms with van der Waals surface area (Å²) in [5.41, 5.74) is 4.00. The highest BCUT2D eigenvalue weighted by molar-refractivity contribution is 6.00. The summed E-state index contributed by atoms with van der Waals surface area (Å²) in [5, 5.41) is 20.0. The molecule has 0 spiro atoms. The van der Waals surface area contributed by atoms with Gasteiger partial charge >= 0.3 is 0 Å². The van der Waals surface area contributed by atoms with Crippen LogP contribution in [0, 0.1) is 11.3 Å². The molecule has 5 rings (SSSR count). The number of hydrogen-bond donors (Lipinski definition) is 2. The van der Waals surface area contributed by atoms with Crippen molar-refractivity contribution in [2.24, 2.45) is 0 Å². The van der Waals surface area contributed by atoms with Crippen LogP contribution in [-0.4, -0.2) is 40.1 Å². The van der Waals surface area contributed by atoms with Crippen LogP contribution in [0.25, 0.3) is 11.1 Å². The van der Waals surface area contributed by atoms with Crippen molar-refractivity contribution in [1.29, 1.82) is 5.26 Å². The maximum atomic E-state index is 12.7. The molecule has 1 atom stereocenters. The molecular weight excluding hydrogens is 392 g/mol. The zero-order chi connectivity index (χ0) is 21.2. The van der Waals surface area contributed by atoms with E-state index in [1.807, 2.05) is 41.1 Å². The fourth-order valence-corrected chi connectivity index (χ4v) is 4.24. The van der Waals surface area contributed by atoms with Crippen LogP contribution >= 0.6 is 0 Å². The molecule has 1 unspecified atom stereocenters. The van der Waals surface area contributed by atoms with Gasteiger partial charge in [0.15, 0.2) is 0 Å². The molecule has 4 heterocycles. The highest BCUT2D eigenvalue weighted by Crippen LogP contribution is 2.30. The van der Waals surface area contributed by atoms with Crippen molar-refractivity contribution in [1.82, 2.24) is 20.1 Å². The number of amides is 1. The number of pyridine rings is 1. The van der Waals surface area contributed by atoms with Gasteiger partial charge in [0.05, 0.1) is 12.2 Å². The largest absolute Gasteiger partial charge is 0.381 e. The highest BCUT2D eigenvalue weighted by Gasteiger charge is 2.30. The van der Waals surface area contributed by atoms with Gasteiger partial charge in [0.1, 0.15) is 29.3 Å². The van der Waals surface area contributed by atoms with Crippen LogP contribution in [0.4, 0.5) is 5.82 Å². The van der Waals surface area contributed by atoms with Gasteiger partial charge in [0, 0.05) is 31.4 Å². The lowest BCUT2D eigenvalue weighted by Gasteiger charge is -2.30. The first-order valence-electron chi connectivity index (χ1n) is 10.4. The number of nitrogens with one attached hydrogen (secondary N) is 2. The third kappa shape index (κ3) is 3.76. The van der Waals surface area contributed by atoms with E-state index in [9.17, 15) is 4.79 Å². The number of fused-ring (bicyclic) bond motifs is 1. The quantitative estimate of drug-likeness (QED) is 0.680. The van der Waals surface area contributed by atoms with Gasteiger partial charge in [0.25, 0.3) is 5.91 Å². The Balaban J connectivity index is 1.41. The third-order valence-corrected chi connectivity index (χ3v) is 5.82. The van der Waals surface area contributed by atoms with E-state index in [2.05, 4.69) is 20.7 Å². The van der Waals surface area contributed by atoms with E-state index in [4.69, 9.17) is 10.00 Å². The van der Waals surface area contributed by atoms with E-state index in [0.717, 1.165) is 35.3 Å². The second-order valence-electron chi connectivity index (χ2n) is 7.77. The number of aromatic nitrogens is 3. The predicted octanol–water partition coefficient (Wildman–Crippen LogP) is 2.89. The average molecular weight is 414 g/mol. The van der Waals surface area contributed by atoms with Crippen LogP contribution in [0.2, 0.25) is 0 Å². The maximum Gasteiger partial charge on any atom is 0.258 e. The van der Waals surface area contributed by atoms with Gasteiger partial charge in [-0.15, -0.1) is 0 Å². The number of benzene rings is 1. The van der Waals surface area contributed by atoms with Crippen molar-refractivity contribution in [3.63, 3.8) is 0 Å². The molecule has 2 aliphatic heterocycles. The molecule has 0 bridgehead atoms. The van der Waals surface area contributed by atoms with E-state index in [0.29, 0.717) is 30.9 Å². The van der Waals surface area contributed by atoms with Crippen LogP contribution in [0.15, 0.2) is 48.8 Å². The molecule has 156 valence electrons. The van der Waals surface area contributed by atoms with Crippen molar-refractivity contribution in [3.05, 3.63) is 65.6 Å². The lowest BCUT2D eigenvalue weighted by Crippen LogP contribution is -2.46. The Morgan fingerprint density at radius 3 is 2.71 bits per heavy atom. The number of carbonyl (C=O) groups excluding carboxylic acids is 1. The number of anilines is 1. The Bertz CT molecular complexity index is 1140. The molecule has 1 fully saturated rings. The number of nitrogens with zero attached hydrogens (tertiary/aromatic N) is 4. The Hall–Kier alpha value is -3.70. The number of hydrogen-bond acceptors (Lipinski definition) is 6. The first-order chi connectivity index (χ1) is 15.2. The summed E-state index contributed by atoms with van der Waals surface area (Å²) in [6, 6.07) is 13.9. The van der Waals surface area contributed by atoms with Gasteiger partial charge in [-0.05, 0) is 36.1 Å². The summed E-state index contributed by atoms with van der Waals surface area (Å²) >= 11 is 0. The minimum absolute atomic E-state index is 0.116. The fourth-order valence-electron chi connectivity index (χ4n) is 4.24. The molecule has 8 heteroatoms. The van der Waals surface area contributed by atoms with E-state index in [1.54, 1.807) is 18.5 Å². The summed E-state index contributed by atoms with van der Waals surface area (Å²) in [7, 11) is 0. The maximum absolute atomic E-state index is 12.7. The van der Waals surface area contributed by atoms with Crippen molar-refractivity contribution in [2.45, 2.75) is 31.5 Å². The Labute approximate surface area is 179 Å². The number of rotatable bonds is 4. The summed E-state index contributed by atoms with van der Waals surface area (Å²) < 4.78 is 7.41. The van der Waals surface area contributed by atoms with Gasteiger partial charge in [0.2, 0.25) is 0 Å². The van der Waals surface area contributed by atoms with Crippen LogP contribution in [0.5, 0.6) is 0 Å². The van der Waals surface area contributed by atoms with Crippen molar-refractivity contribution < 1.29 is 9.53 Å². The molecule has 0 saturated carbocycles. The average Bonchev–Trinajstić information content (AvgIpc) is 3.25. The number of ether oxygens (including phenoxy) is 1. The van der Waals surface area contributed by atoms with Crippen LogP contribution in [0.1, 0.15) is 40.5 Å². The first kappa shape index (κ1) is 19.3.